The lowest BCUT2D eigenvalue weighted by atomic mass is 9.97. The van der Waals surface area contributed by atoms with Gasteiger partial charge in [0, 0.05) is 13.6 Å². The lowest BCUT2D eigenvalue weighted by Gasteiger charge is -2.32. The first-order chi connectivity index (χ1) is 9.45. The van der Waals surface area contributed by atoms with Crippen LogP contribution in [0.5, 0.6) is 0 Å². The zero-order chi connectivity index (χ0) is 14.7. The molecule has 0 radical (unpaired) electrons. The summed E-state index contributed by atoms with van der Waals surface area (Å²) in [7, 11) is 4.03. The van der Waals surface area contributed by atoms with Gasteiger partial charge in [0.05, 0.1) is 17.1 Å². The normalized spacial score (nSPS) is 17.1. The summed E-state index contributed by atoms with van der Waals surface area (Å²) in [5.41, 5.74) is 5.63. The van der Waals surface area contributed by atoms with E-state index in [1.54, 1.807) is 0 Å². The predicted octanol–water partition coefficient (Wildman–Crippen LogP) is 1.35. The molecule has 0 atom stereocenters. The Kier molecular flexibility index (Phi) is 4.39. The molecule has 1 aromatic heterocycles. The van der Waals surface area contributed by atoms with Crippen molar-refractivity contribution in [2.45, 2.75) is 12.8 Å². The third kappa shape index (κ3) is 3.57. The summed E-state index contributed by atoms with van der Waals surface area (Å²) >= 11 is 0. The third-order valence-corrected chi connectivity index (χ3v) is 3.79. The van der Waals surface area contributed by atoms with Crippen LogP contribution in [0, 0.1) is 16.0 Å². The maximum atomic E-state index is 10.9. The second-order valence-corrected chi connectivity index (χ2v) is 5.49. The molecule has 110 valence electrons. The fraction of sp³-hybridized carbons (Fsp3) is 0.615. The van der Waals surface area contributed by atoms with Crippen molar-refractivity contribution in [1.82, 2.24) is 9.88 Å². The predicted molar refractivity (Wildman–Crippen MR) is 78.8 cm³/mol. The molecule has 1 saturated heterocycles. The van der Waals surface area contributed by atoms with Gasteiger partial charge in [-0.1, -0.05) is 0 Å². The maximum absolute atomic E-state index is 10.9. The van der Waals surface area contributed by atoms with Crippen molar-refractivity contribution in [3.63, 3.8) is 0 Å². The summed E-state index contributed by atoms with van der Waals surface area (Å²) in [5, 5.41) is 10.9. The highest BCUT2D eigenvalue weighted by Gasteiger charge is 2.20. The highest BCUT2D eigenvalue weighted by Crippen LogP contribution is 2.24. The number of hydrogen-bond donors (Lipinski definition) is 1. The second kappa shape index (κ2) is 6.04. The Morgan fingerprint density at radius 2 is 2.15 bits per heavy atom. The van der Waals surface area contributed by atoms with E-state index < -0.39 is 4.92 Å². The summed E-state index contributed by atoms with van der Waals surface area (Å²) < 4.78 is 0. The molecule has 20 heavy (non-hydrogen) atoms. The fourth-order valence-corrected chi connectivity index (χ4v) is 2.55. The molecule has 0 saturated carbocycles. The number of piperidine rings is 1. The first-order valence-electron chi connectivity index (χ1n) is 6.77. The maximum Gasteiger partial charge on any atom is 0.276 e. The number of pyridine rings is 1. The van der Waals surface area contributed by atoms with Gasteiger partial charge in [0.15, 0.2) is 0 Å². The zero-order valence-electron chi connectivity index (χ0n) is 12.0. The summed E-state index contributed by atoms with van der Waals surface area (Å²) in [5.74, 6) is 1.35. The Morgan fingerprint density at radius 3 is 2.75 bits per heavy atom. The lowest BCUT2D eigenvalue weighted by Crippen LogP contribution is -2.36. The van der Waals surface area contributed by atoms with Crippen LogP contribution in [-0.4, -0.2) is 48.5 Å². The van der Waals surface area contributed by atoms with Crippen LogP contribution >= 0.6 is 0 Å². The van der Waals surface area contributed by atoms with Crippen molar-refractivity contribution in [1.29, 1.82) is 0 Å². The minimum atomic E-state index is -0.440. The van der Waals surface area contributed by atoms with Gasteiger partial charge in [-0.15, -0.1) is 0 Å². The van der Waals surface area contributed by atoms with Crippen molar-refractivity contribution in [2.24, 2.45) is 5.92 Å². The second-order valence-electron chi connectivity index (χ2n) is 5.49. The highest BCUT2D eigenvalue weighted by atomic mass is 16.6. The molecule has 0 aromatic carbocycles. The monoisotopic (exact) mass is 279 g/mol. The third-order valence-electron chi connectivity index (χ3n) is 3.79. The Labute approximate surface area is 118 Å². The van der Waals surface area contributed by atoms with Crippen LogP contribution in [0.25, 0.3) is 0 Å². The van der Waals surface area contributed by atoms with Crippen LogP contribution in [0.4, 0.5) is 17.3 Å². The lowest BCUT2D eigenvalue weighted by molar-refractivity contribution is -0.384. The minimum absolute atomic E-state index is 0.0114. The molecule has 0 unspecified atom stereocenters. The van der Waals surface area contributed by atoms with Gasteiger partial charge < -0.3 is 15.5 Å². The van der Waals surface area contributed by atoms with Crippen LogP contribution in [0.2, 0.25) is 0 Å². The van der Waals surface area contributed by atoms with Crippen molar-refractivity contribution < 1.29 is 4.92 Å². The average Bonchev–Trinajstić information content (AvgIpc) is 2.40. The molecular formula is C13H21N5O2. The van der Waals surface area contributed by atoms with E-state index in [2.05, 4.69) is 16.9 Å². The standard InChI is InChI=1S/C13H21N5O2/c1-16-5-3-10(4-6-16)9-17(2)13-8-11(18(19)20)7-12(14)15-13/h7-8,10H,3-6,9H2,1-2H3,(H2,14,15). The number of nitro groups is 1. The van der Waals surface area contributed by atoms with Crippen molar-refractivity contribution in [2.75, 3.05) is 44.4 Å². The molecule has 1 aromatic rings. The number of likely N-dealkylation sites (tertiary alicyclic amines) is 1. The Morgan fingerprint density at radius 1 is 1.50 bits per heavy atom. The molecule has 2 heterocycles. The summed E-state index contributed by atoms with van der Waals surface area (Å²) in [6, 6.07) is 2.76. The van der Waals surface area contributed by atoms with Crippen LogP contribution in [0.15, 0.2) is 12.1 Å². The molecule has 1 aliphatic rings. The van der Waals surface area contributed by atoms with E-state index in [0.717, 1.165) is 32.5 Å². The zero-order valence-corrected chi connectivity index (χ0v) is 12.0. The Hall–Kier alpha value is -1.89. The fourth-order valence-electron chi connectivity index (χ4n) is 2.55. The number of nitrogen functional groups attached to an aromatic ring is 1. The Bertz CT molecular complexity index is 486. The largest absolute Gasteiger partial charge is 0.383 e. The van der Waals surface area contributed by atoms with Gasteiger partial charge in [-0.3, -0.25) is 10.1 Å². The van der Waals surface area contributed by atoms with Gasteiger partial charge in [0.25, 0.3) is 5.69 Å². The molecule has 1 fully saturated rings. The first-order valence-corrected chi connectivity index (χ1v) is 6.77. The van der Waals surface area contributed by atoms with Crippen molar-refractivity contribution in [3.05, 3.63) is 22.2 Å². The van der Waals surface area contributed by atoms with Crippen LogP contribution in [0.1, 0.15) is 12.8 Å². The van der Waals surface area contributed by atoms with E-state index >= 15 is 0 Å². The van der Waals surface area contributed by atoms with Gasteiger partial charge in [0.1, 0.15) is 11.6 Å². The molecule has 2 rings (SSSR count). The van der Waals surface area contributed by atoms with Crippen LogP contribution in [-0.2, 0) is 0 Å². The first kappa shape index (κ1) is 14.5. The molecule has 7 nitrogen and oxygen atoms in total. The average molecular weight is 279 g/mol. The van der Waals surface area contributed by atoms with Crippen molar-refractivity contribution >= 4 is 17.3 Å². The number of rotatable bonds is 4. The molecule has 0 amide bonds. The summed E-state index contributed by atoms with van der Waals surface area (Å²) in [4.78, 5) is 18.9. The number of hydrogen-bond acceptors (Lipinski definition) is 6. The van der Waals surface area contributed by atoms with Crippen LogP contribution in [0.3, 0.4) is 0 Å². The number of aromatic nitrogens is 1. The van der Waals surface area contributed by atoms with Gasteiger partial charge in [0.2, 0.25) is 0 Å². The van der Waals surface area contributed by atoms with E-state index in [-0.39, 0.29) is 11.5 Å². The van der Waals surface area contributed by atoms with E-state index in [1.807, 2.05) is 11.9 Å². The number of anilines is 2. The summed E-state index contributed by atoms with van der Waals surface area (Å²) in [6.45, 7) is 3.05. The quantitative estimate of drug-likeness (QED) is 0.661. The van der Waals surface area contributed by atoms with E-state index in [4.69, 9.17) is 5.73 Å². The van der Waals surface area contributed by atoms with Gasteiger partial charge in [-0.25, -0.2) is 4.98 Å². The number of nitrogens with zero attached hydrogens (tertiary/aromatic N) is 4. The molecule has 0 bridgehead atoms. The van der Waals surface area contributed by atoms with Crippen molar-refractivity contribution in [3.8, 4) is 0 Å². The minimum Gasteiger partial charge on any atom is -0.383 e. The topological polar surface area (TPSA) is 88.5 Å². The van der Waals surface area contributed by atoms with Gasteiger partial charge in [-0.2, -0.15) is 0 Å². The molecule has 7 heteroatoms. The van der Waals surface area contributed by atoms with Crippen LogP contribution < -0.4 is 10.6 Å². The smallest absolute Gasteiger partial charge is 0.276 e. The molecule has 0 aliphatic carbocycles. The van der Waals surface area contributed by atoms with E-state index in [1.165, 1.54) is 12.1 Å². The van der Waals surface area contributed by atoms with E-state index in [9.17, 15) is 10.1 Å². The summed E-state index contributed by atoms with van der Waals surface area (Å²) in [6.07, 6.45) is 2.29. The van der Waals surface area contributed by atoms with Gasteiger partial charge in [-0.05, 0) is 38.9 Å². The number of nitrogens with two attached hydrogens (primary N) is 1. The Balaban J connectivity index is 2.05. The molecular weight excluding hydrogens is 258 g/mol. The van der Waals surface area contributed by atoms with Gasteiger partial charge >= 0.3 is 0 Å². The molecule has 0 spiro atoms. The SMILES string of the molecule is CN1CCC(CN(C)c2cc([N+](=O)[O-])cc(N)n2)CC1. The van der Waals surface area contributed by atoms with E-state index in [0.29, 0.717) is 11.7 Å². The molecule has 1 aliphatic heterocycles. The molecule has 2 N–H and O–H groups in total. The highest BCUT2D eigenvalue weighted by molar-refractivity contribution is 5.53.